The lowest BCUT2D eigenvalue weighted by Gasteiger charge is -2.10. The molecule has 14 heavy (non-hydrogen) atoms. The van der Waals surface area contributed by atoms with Gasteiger partial charge >= 0.3 is 0 Å². The molecule has 1 rings (SSSR count). The topological polar surface area (TPSA) is 69.1 Å². The van der Waals surface area contributed by atoms with Crippen molar-refractivity contribution in [3.8, 4) is 0 Å². The van der Waals surface area contributed by atoms with Crippen molar-refractivity contribution in [3.05, 3.63) is 34.6 Å². The third kappa shape index (κ3) is 2.97. The first-order valence-electron chi connectivity index (χ1n) is 3.99. The van der Waals surface area contributed by atoms with Gasteiger partial charge in [0.25, 0.3) is 0 Å². The molecule has 0 saturated carbocycles. The lowest BCUT2D eigenvalue weighted by Crippen LogP contribution is -2.20. The Morgan fingerprint density at radius 1 is 1.50 bits per heavy atom. The van der Waals surface area contributed by atoms with Crippen LogP contribution in [0.5, 0.6) is 0 Å². The molecule has 0 radical (unpaired) electrons. The van der Waals surface area contributed by atoms with E-state index in [1.807, 2.05) is 0 Å². The highest BCUT2D eigenvalue weighted by Gasteiger charge is 2.10. The van der Waals surface area contributed by atoms with Crippen LogP contribution in [0, 0.1) is 5.82 Å². The van der Waals surface area contributed by atoms with E-state index in [4.69, 9.17) is 23.1 Å². The molecule has 5 heteroatoms. The number of nitrogens with two attached hydrogens (primary N) is 2. The zero-order valence-corrected chi connectivity index (χ0v) is 8.09. The van der Waals surface area contributed by atoms with E-state index in [-0.39, 0.29) is 11.4 Å². The number of primary amides is 1. The zero-order valence-electron chi connectivity index (χ0n) is 7.34. The lowest BCUT2D eigenvalue weighted by molar-refractivity contribution is -0.118. The van der Waals surface area contributed by atoms with Crippen molar-refractivity contribution in [2.75, 3.05) is 0 Å². The van der Waals surface area contributed by atoms with Crippen molar-refractivity contribution >= 4 is 17.5 Å². The van der Waals surface area contributed by atoms with Crippen LogP contribution in [0.15, 0.2) is 18.2 Å². The molecule has 0 aliphatic heterocycles. The van der Waals surface area contributed by atoms with Crippen LogP contribution < -0.4 is 11.5 Å². The summed E-state index contributed by atoms with van der Waals surface area (Å²) in [6.07, 6.45) is -0.0280. The van der Waals surface area contributed by atoms with Crippen molar-refractivity contribution in [1.29, 1.82) is 0 Å². The average molecular weight is 217 g/mol. The van der Waals surface area contributed by atoms with Gasteiger partial charge in [-0.1, -0.05) is 11.6 Å². The molecule has 1 aromatic rings. The summed E-state index contributed by atoms with van der Waals surface area (Å²) in [4.78, 5) is 10.6. The largest absolute Gasteiger partial charge is 0.370 e. The van der Waals surface area contributed by atoms with Crippen LogP contribution in [-0.2, 0) is 4.79 Å². The van der Waals surface area contributed by atoms with Crippen LogP contribution in [-0.4, -0.2) is 5.91 Å². The monoisotopic (exact) mass is 216 g/mol. The van der Waals surface area contributed by atoms with E-state index in [1.54, 1.807) is 0 Å². The van der Waals surface area contributed by atoms with Crippen LogP contribution in [0.4, 0.5) is 4.39 Å². The van der Waals surface area contributed by atoms with E-state index >= 15 is 0 Å². The summed E-state index contributed by atoms with van der Waals surface area (Å²) < 4.78 is 12.9. The molecule has 0 unspecified atom stereocenters. The van der Waals surface area contributed by atoms with Crippen molar-refractivity contribution in [2.24, 2.45) is 11.5 Å². The molecule has 0 fully saturated rings. The van der Waals surface area contributed by atoms with Gasteiger partial charge in [0, 0.05) is 17.5 Å². The van der Waals surface area contributed by atoms with Gasteiger partial charge in [-0.15, -0.1) is 0 Å². The first-order valence-corrected chi connectivity index (χ1v) is 4.36. The highest BCUT2D eigenvalue weighted by atomic mass is 35.5. The second kappa shape index (κ2) is 4.39. The molecule has 0 aromatic heterocycles. The molecule has 1 amide bonds. The SMILES string of the molecule is NC(=O)C[C@@H](N)c1cc(F)cc(Cl)c1. The maximum Gasteiger partial charge on any atom is 0.219 e. The van der Waals surface area contributed by atoms with E-state index in [0.29, 0.717) is 5.56 Å². The first kappa shape index (κ1) is 10.9. The van der Waals surface area contributed by atoms with Crippen molar-refractivity contribution < 1.29 is 9.18 Å². The Morgan fingerprint density at radius 3 is 2.64 bits per heavy atom. The number of hydrogen-bond acceptors (Lipinski definition) is 2. The normalized spacial score (nSPS) is 12.5. The Hall–Kier alpha value is -1.13. The van der Waals surface area contributed by atoms with Gasteiger partial charge in [0.1, 0.15) is 5.82 Å². The molecule has 76 valence electrons. The van der Waals surface area contributed by atoms with Crippen LogP contribution in [0.1, 0.15) is 18.0 Å². The molecule has 3 nitrogen and oxygen atoms in total. The number of halogens is 2. The maximum absolute atomic E-state index is 12.9. The number of carbonyl (C=O) groups excluding carboxylic acids is 1. The fourth-order valence-electron chi connectivity index (χ4n) is 1.12. The summed E-state index contributed by atoms with van der Waals surface area (Å²) in [5.74, 6) is -1.01. The van der Waals surface area contributed by atoms with Crippen molar-refractivity contribution in [1.82, 2.24) is 0 Å². The number of hydrogen-bond donors (Lipinski definition) is 2. The fraction of sp³-hybridized carbons (Fsp3) is 0.222. The molecular weight excluding hydrogens is 207 g/mol. The summed E-state index contributed by atoms with van der Waals surface area (Å²) in [5.41, 5.74) is 11.0. The Balaban J connectivity index is 2.89. The van der Waals surface area contributed by atoms with Gasteiger partial charge in [-0.2, -0.15) is 0 Å². The standard InChI is InChI=1S/C9H10ClFN2O/c10-6-1-5(2-7(11)3-6)8(12)4-9(13)14/h1-3,8H,4,12H2,(H2,13,14)/t8-/m1/s1. The Kier molecular flexibility index (Phi) is 3.43. The van der Waals surface area contributed by atoms with Crippen molar-refractivity contribution in [3.63, 3.8) is 0 Å². The Morgan fingerprint density at radius 2 is 2.14 bits per heavy atom. The van der Waals surface area contributed by atoms with Gasteiger partial charge in [0.15, 0.2) is 0 Å². The van der Waals surface area contributed by atoms with Crippen LogP contribution >= 0.6 is 11.6 Å². The van der Waals surface area contributed by atoms with E-state index in [9.17, 15) is 9.18 Å². The average Bonchev–Trinajstić information content (AvgIpc) is 2.00. The molecular formula is C9H10ClFN2O. The zero-order chi connectivity index (χ0) is 10.7. The van der Waals surface area contributed by atoms with E-state index in [2.05, 4.69) is 0 Å². The van der Waals surface area contributed by atoms with Crippen molar-refractivity contribution in [2.45, 2.75) is 12.5 Å². The highest BCUT2D eigenvalue weighted by Crippen LogP contribution is 2.20. The molecule has 0 heterocycles. The Labute approximate surface area is 85.8 Å². The van der Waals surface area contributed by atoms with Crippen LogP contribution in [0.2, 0.25) is 5.02 Å². The Bertz CT molecular complexity index is 336. The second-order valence-corrected chi connectivity index (χ2v) is 3.42. The molecule has 0 bridgehead atoms. The van der Waals surface area contributed by atoms with Gasteiger partial charge in [-0.3, -0.25) is 4.79 Å². The fourth-order valence-corrected chi connectivity index (χ4v) is 1.35. The van der Waals surface area contributed by atoms with Gasteiger partial charge < -0.3 is 11.5 Å². The van der Waals surface area contributed by atoms with E-state index in [0.717, 1.165) is 0 Å². The molecule has 0 aliphatic rings. The minimum absolute atomic E-state index is 0.0280. The maximum atomic E-state index is 12.9. The van der Waals surface area contributed by atoms with Gasteiger partial charge in [-0.05, 0) is 23.8 Å². The smallest absolute Gasteiger partial charge is 0.219 e. The van der Waals surface area contributed by atoms with E-state index in [1.165, 1.54) is 18.2 Å². The molecule has 0 saturated heterocycles. The highest BCUT2D eigenvalue weighted by molar-refractivity contribution is 6.30. The van der Waals surface area contributed by atoms with Gasteiger partial charge in [-0.25, -0.2) is 4.39 Å². The predicted molar refractivity (Wildman–Crippen MR) is 52.1 cm³/mol. The third-order valence-electron chi connectivity index (χ3n) is 1.73. The lowest BCUT2D eigenvalue weighted by atomic mass is 10.0. The number of benzene rings is 1. The molecule has 1 atom stereocenters. The summed E-state index contributed by atoms with van der Waals surface area (Å²) in [5, 5.41) is 0.250. The predicted octanol–water partition coefficient (Wildman–Crippen LogP) is 1.35. The molecule has 0 spiro atoms. The molecule has 1 aromatic carbocycles. The van der Waals surface area contributed by atoms with Crippen LogP contribution in [0.25, 0.3) is 0 Å². The second-order valence-electron chi connectivity index (χ2n) is 2.98. The van der Waals surface area contributed by atoms with Crippen LogP contribution in [0.3, 0.4) is 0 Å². The minimum atomic E-state index is -0.610. The molecule has 0 aliphatic carbocycles. The third-order valence-corrected chi connectivity index (χ3v) is 1.95. The summed E-state index contributed by atoms with van der Waals surface area (Å²) in [6, 6.07) is 3.31. The van der Waals surface area contributed by atoms with Gasteiger partial charge in [0.05, 0.1) is 0 Å². The molecule has 4 N–H and O–H groups in total. The number of carbonyl (C=O) groups is 1. The summed E-state index contributed by atoms with van der Waals surface area (Å²) >= 11 is 5.62. The van der Waals surface area contributed by atoms with Gasteiger partial charge in [0.2, 0.25) is 5.91 Å². The number of amides is 1. The minimum Gasteiger partial charge on any atom is -0.370 e. The number of rotatable bonds is 3. The first-order chi connectivity index (χ1) is 6.49. The van der Waals surface area contributed by atoms with E-state index < -0.39 is 17.8 Å². The summed E-state index contributed by atoms with van der Waals surface area (Å²) in [6.45, 7) is 0. The summed E-state index contributed by atoms with van der Waals surface area (Å²) in [7, 11) is 0. The quantitative estimate of drug-likeness (QED) is 0.801.